The molecule has 0 radical (unpaired) electrons. The van der Waals surface area contributed by atoms with Gasteiger partial charge in [0.1, 0.15) is 0 Å². The molecule has 0 aliphatic heterocycles. The van der Waals surface area contributed by atoms with Crippen molar-refractivity contribution in [2.24, 2.45) is 0 Å². The van der Waals surface area contributed by atoms with Gasteiger partial charge in [-0.2, -0.15) is 0 Å². The van der Waals surface area contributed by atoms with Crippen molar-refractivity contribution in [1.29, 1.82) is 0 Å². The van der Waals surface area contributed by atoms with Gasteiger partial charge >= 0.3 is 0 Å². The molecule has 0 spiro atoms. The Hall–Kier alpha value is -1.84. The summed E-state index contributed by atoms with van der Waals surface area (Å²) in [4.78, 5) is 23.1. The van der Waals surface area contributed by atoms with Gasteiger partial charge < -0.3 is 10.6 Å². The fourth-order valence-corrected chi connectivity index (χ4v) is 2.15. The van der Waals surface area contributed by atoms with Gasteiger partial charge in [0.05, 0.1) is 6.54 Å². The van der Waals surface area contributed by atoms with Crippen molar-refractivity contribution in [2.75, 3.05) is 6.54 Å². The van der Waals surface area contributed by atoms with E-state index < -0.39 is 0 Å². The smallest absolute Gasteiger partial charge is 0.239 e. The second-order valence-corrected chi connectivity index (χ2v) is 5.55. The highest BCUT2D eigenvalue weighted by molar-refractivity contribution is 5.85. The Morgan fingerprint density at radius 2 is 1.95 bits per heavy atom. The molecule has 0 heterocycles. The lowest BCUT2D eigenvalue weighted by atomic mass is 10.0. The molecule has 1 aromatic rings. The van der Waals surface area contributed by atoms with Crippen LogP contribution in [0.3, 0.4) is 0 Å². The van der Waals surface area contributed by atoms with Crippen LogP contribution in [0.1, 0.15) is 36.0 Å². The molecule has 2 N–H and O–H groups in total. The molecule has 0 atom stereocenters. The number of nitrogens with one attached hydrogen (secondary N) is 2. The Labute approximate surface area is 119 Å². The normalized spacial score (nSPS) is 13.9. The largest absolute Gasteiger partial charge is 0.352 e. The summed E-state index contributed by atoms with van der Waals surface area (Å²) in [5.41, 5.74) is 3.63. The summed E-state index contributed by atoms with van der Waals surface area (Å²) in [5, 5.41) is 5.51. The third-order valence-electron chi connectivity index (χ3n) is 3.51. The van der Waals surface area contributed by atoms with Gasteiger partial charge in [-0.1, -0.05) is 23.8 Å². The van der Waals surface area contributed by atoms with E-state index >= 15 is 0 Å². The number of hydrogen-bond acceptors (Lipinski definition) is 2. The topological polar surface area (TPSA) is 58.2 Å². The SMILES string of the molecule is Cc1ccc(CCC(=O)NCC(=O)NC2CC2)c(C)c1. The Kier molecular flexibility index (Phi) is 4.77. The number of carbonyl (C=O) groups is 2. The summed E-state index contributed by atoms with van der Waals surface area (Å²) >= 11 is 0. The third-order valence-corrected chi connectivity index (χ3v) is 3.51. The summed E-state index contributed by atoms with van der Waals surface area (Å²) in [6.45, 7) is 4.20. The number of carbonyl (C=O) groups excluding carboxylic acids is 2. The van der Waals surface area contributed by atoms with E-state index in [-0.39, 0.29) is 18.4 Å². The zero-order chi connectivity index (χ0) is 14.5. The molecule has 1 saturated carbocycles. The highest BCUT2D eigenvalue weighted by Crippen LogP contribution is 2.18. The fourth-order valence-electron chi connectivity index (χ4n) is 2.15. The summed E-state index contributed by atoms with van der Waals surface area (Å²) in [6, 6.07) is 6.59. The predicted molar refractivity (Wildman–Crippen MR) is 78.4 cm³/mol. The first-order valence-corrected chi connectivity index (χ1v) is 7.17. The van der Waals surface area contributed by atoms with Crippen LogP contribution in [0.15, 0.2) is 18.2 Å². The molecule has 4 heteroatoms. The van der Waals surface area contributed by atoms with E-state index in [9.17, 15) is 9.59 Å². The van der Waals surface area contributed by atoms with Crippen LogP contribution in [0.4, 0.5) is 0 Å². The molecular formula is C16H22N2O2. The molecule has 0 bridgehead atoms. The van der Waals surface area contributed by atoms with Crippen molar-refractivity contribution in [3.05, 3.63) is 34.9 Å². The van der Waals surface area contributed by atoms with Gasteiger partial charge in [-0.3, -0.25) is 9.59 Å². The first-order chi connectivity index (χ1) is 9.54. The van der Waals surface area contributed by atoms with Crippen LogP contribution in [0.25, 0.3) is 0 Å². The minimum Gasteiger partial charge on any atom is -0.352 e. The quantitative estimate of drug-likeness (QED) is 0.828. The molecule has 1 fully saturated rings. The van der Waals surface area contributed by atoms with Gasteiger partial charge in [0.2, 0.25) is 11.8 Å². The number of benzene rings is 1. The highest BCUT2D eigenvalue weighted by atomic mass is 16.2. The van der Waals surface area contributed by atoms with Crippen LogP contribution in [-0.4, -0.2) is 24.4 Å². The van der Waals surface area contributed by atoms with Crippen LogP contribution in [0.2, 0.25) is 0 Å². The van der Waals surface area contributed by atoms with Gasteiger partial charge in [-0.25, -0.2) is 0 Å². The van der Waals surface area contributed by atoms with E-state index in [0.29, 0.717) is 18.9 Å². The van der Waals surface area contributed by atoms with Crippen LogP contribution in [0.5, 0.6) is 0 Å². The van der Waals surface area contributed by atoms with Gasteiger partial charge in [-0.15, -0.1) is 0 Å². The molecule has 2 amide bonds. The van der Waals surface area contributed by atoms with Crippen LogP contribution in [-0.2, 0) is 16.0 Å². The first kappa shape index (κ1) is 14.6. The van der Waals surface area contributed by atoms with E-state index in [2.05, 4.69) is 42.7 Å². The van der Waals surface area contributed by atoms with Crippen molar-refractivity contribution in [2.45, 2.75) is 45.6 Å². The molecule has 1 aliphatic carbocycles. The lowest BCUT2D eigenvalue weighted by Gasteiger charge is -2.08. The average molecular weight is 274 g/mol. The second kappa shape index (κ2) is 6.55. The lowest BCUT2D eigenvalue weighted by Crippen LogP contribution is -2.37. The van der Waals surface area contributed by atoms with E-state index in [1.54, 1.807) is 0 Å². The maximum Gasteiger partial charge on any atom is 0.239 e. The van der Waals surface area contributed by atoms with Gasteiger partial charge in [0.15, 0.2) is 0 Å². The van der Waals surface area contributed by atoms with Crippen LogP contribution >= 0.6 is 0 Å². The third kappa shape index (κ3) is 4.68. The number of amides is 2. The highest BCUT2D eigenvalue weighted by Gasteiger charge is 2.23. The van der Waals surface area contributed by atoms with Crippen LogP contribution in [0, 0.1) is 13.8 Å². The van der Waals surface area contributed by atoms with E-state index in [1.807, 2.05) is 0 Å². The molecule has 2 rings (SSSR count). The van der Waals surface area contributed by atoms with Gasteiger partial charge in [-0.05, 0) is 44.2 Å². The molecule has 0 aromatic heterocycles. The number of rotatable bonds is 6. The van der Waals surface area contributed by atoms with Crippen molar-refractivity contribution in [1.82, 2.24) is 10.6 Å². The number of hydrogen-bond donors (Lipinski definition) is 2. The zero-order valence-electron chi connectivity index (χ0n) is 12.2. The Morgan fingerprint density at radius 3 is 2.60 bits per heavy atom. The molecule has 1 aliphatic rings. The van der Waals surface area contributed by atoms with Crippen LogP contribution < -0.4 is 10.6 Å². The minimum atomic E-state index is -0.0904. The standard InChI is InChI=1S/C16H22N2O2/c1-11-3-4-13(12(2)9-11)5-8-15(19)17-10-16(20)18-14-6-7-14/h3-4,9,14H,5-8,10H2,1-2H3,(H,17,19)(H,18,20). The molecule has 0 unspecified atom stereocenters. The summed E-state index contributed by atoms with van der Waals surface area (Å²) in [7, 11) is 0. The Bertz CT molecular complexity index is 507. The van der Waals surface area contributed by atoms with Gasteiger partial charge in [0, 0.05) is 12.5 Å². The van der Waals surface area contributed by atoms with E-state index in [4.69, 9.17) is 0 Å². The molecule has 0 saturated heterocycles. The average Bonchev–Trinajstić information content (AvgIpc) is 3.19. The molecule has 108 valence electrons. The maximum atomic E-state index is 11.7. The van der Waals surface area contributed by atoms with Crippen molar-refractivity contribution in [3.63, 3.8) is 0 Å². The summed E-state index contributed by atoms with van der Waals surface area (Å²) in [6.07, 6.45) is 3.25. The monoisotopic (exact) mass is 274 g/mol. The lowest BCUT2D eigenvalue weighted by molar-refractivity contribution is -0.126. The maximum absolute atomic E-state index is 11.7. The zero-order valence-corrected chi connectivity index (χ0v) is 12.2. The van der Waals surface area contributed by atoms with E-state index in [0.717, 1.165) is 12.8 Å². The summed E-state index contributed by atoms with van der Waals surface area (Å²) < 4.78 is 0. The first-order valence-electron chi connectivity index (χ1n) is 7.17. The molecular weight excluding hydrogens is 252 g/mol. The molecule has 4 nitrogen and oxygen atoms in total. The van der Waals surface area contributed by atoms with Crippen molar-refractivity contribution >= 4 is 11.8 Å². The van der Waals surface area contributed by atoms with Crippen molar-refractivity contribution in [3.8, 4) is 0 Å². The predicted octanol–water partition coefficient (Wildman–Crippen LogP) is 1.63. The number of aryl methyl sites for hydroxylation is 3. The van der Waals surface area contributed by atoms with E-state index in [1.165, 1.54) is 16.7 Å². The fraction of sp³-hybridized carbons (Fsp3) is 0.500. The minimum absolute atomic E-state index is 0.0732. The Morgan fingerprint density at radius 1 is 1.20 bits per heavy atom. The molecule has 1 aromatic carbocycles. The van der Waals surface area contributed by atoms with Gasteiger partial charge in [0.25, 0.3) is 0 Å². The molecule has 20 heavy (non-hydrogen) atoms. The second-order valence-electron chi connectivity index (χ2n) is 5.55. The Balaban J connectivity index is 1.70. The summed E-state index contributed by atoms with van der Waals surface area (Å²) in [5.74, 6) is -0.164. The van der Waals surface area contributed by atoms with Crippen molar-refractivity contribution < 1.29 is 9.59 Å².